The van der Waals surface area contributed by atoms with Crippen LogP contribution in [0.2, 0.25) is 0 Å². The topological polar surface area (TPSA) is 111 Å². The number of alkyl halides is 6. The highest BCUT2D eigenvalue weighted by molar-refractivity contribution is 7.07. The van der Waals surface area contributed by atoms with Crippen LogP contribution in [0.5, 0.6) is 0 Å². The summed E-state index contributed by atoms with van der Waals surface area (Å²) in [6, 6.07) is 7.07. The first-order valence-corrected chi connectivity index (χ1v) is 11.7. The first kappa shape index (κ1) is 30.0. The number of fused-ring (bicyclic) bond motifs is 1. The lowest BCUT2D eigenvalue weighted by molar-refractivity contribution is -0.193. The summed E-state index contributed by atoms with van der Waals surface area (Å²) in [5, 5.41) is 18.6. The van der Waals surface area contributed by atoms with Crippen LogP contribution in [-0.4, -0.2) is 73.8 Å². The molecule has 0 spiro atoms. The Morgan fingerprint density at radius 2 is 1.59 bits per heavy atom. The van der Waals surface area contributed by atoms with Gasteiger partial charge in [-0.25, -0.2) is 9.59 Å². The zero-order valence-corrected chi connectivity index (χ0v) is 19.9. The number of aliphatic carboxylic acids is 2. The lowest BCUT2D eigenvalue weighted by Crippen LogP contribution is -2.51. The summed E-state index contributed by atoms with van der Waals surface area (Å²) in [5.74, 6) is -5.22. The molecule has 204 valence electrons. The minimum Gasteiger partial charge on any atom is -0.475 e. The fourth-order valence-corrected chi connectivity index (χ4v) is 4.61. The summed E-state index contributed by atoms with van der Waals surface area (Å²) in [5.41, 5.74) is 2.52. The van der Waals surface area contributed by atoms with Crippen LogP contribution < -0.4 is 0 Å². The number of carbonyl (C=O) groups excluding carboxylic acids is 1. The Labute approximate surface area is 211 Å². The fourth-order valence-electron chi connectivity index (χ4n) is 3.95. The monoisotopic (exact) mass is 555 g/mol. The number of thiophene rings is 1. The third-order valence-electron chi connectivity index (χ3n) is 5.53. The molecule has 0 unspecified atom stereocenters. The van der Waals surface area contributed by atoms with E-state index in [4.69, 9.17) is 19.8 Å². The minimum absolute atomic E-state index is 0.299. The number of hydrogen-bond acceptors (Lipinski definition) is 6. The fraction of sp³-hybridized carbons (Fsp3) is 0.455. The maximum absolute atomic E-state index is 12.5. The number of piperidine rings is 1. The molecule has 2 aromatic heterocycles. The summed E-state index contributed by atoms with van der Waals surface area (Å²) in [7, 11) is 0. The Morgan fingerprint density at radius 1 is 0.973 bits per heavy atom. The largest absolute Gasteiger partial charge is 0.490 e. The molecule has 8 nitrogen and oxygen atoms in total. The Morgan fingerprint density at radius 3 is 2.08 bits per heavy atom. The molecule has 0 radical (unpaired) electrons. The number of carboxylic acids is 2. The Hall–Kier alpha value is -3.20. The van der Waals surface area contributed by atoms with Crippen molar-refractivity contribution in [2.75, 3.05) is 6.54 Å². The normalized spacial score (nSPS) is 19.7. The van der Waals surface area contributed by atoms with Crippen molar-refractivity contribution in [2.24, 2.45) is 0 Å². The zero-order valence-electron chi connectivity index (χ0n) is 19.1. The first-order valence-electron chi connectivity index (χ1n) is 10.7. The molecule has 0 bridgehead atoms. The number of carbonyl (C=O) groups is 3. The van der Waals surface area contributed by atoms with Gasteiger partial charge in [-0.05, 0) is 46.9 Å². The molecular weight excluding hydrogens is 532 g/mol. The van der Waals surface area contributed by atoms with Crippen LogP contribution in [0.25, 0.3) is 0 Å². The van der Waals surface area contributed by atoms with E-state index in [0.29, 0.717) is 31.0 Å². The van der Waals surface area contributed by atoms with Crippen molar-refractivity contribution >= 4 is 29.2 Å². The quantitative estimate of drug-likeness (QED) is 0.545. The van der Waals surface area contributed by atoms with Crippen LogP contribution in [-0.2, 0) is 27.5 Å². The van der Waals surface area contributed by atoms with Crippen molar-refractivity contribution < 1.29 is 50.9 Å². The highest BCUT2D eigenvalue weighted by Gasteiger charge is 2.43. The molecule has 4 heterocycles. The second-order valence-corrected chi connectivity index (χ2v) is 8.83. The van der Waals surface area contributed by atoms with E-state index < -0.39 is 24.3 Å². The van der Waals surface area contributed by atoms with E-state index >= 15 is 0 Å². The van der Waals surface area contributed by atoms with Crippen molar-refractivity contribution in [3.05, 3.63) is 52.5 Å². The van der Waals surface area contributed by atoms with E-state index in [0.717, 1.165) is 31.5 Å². The average molecular weight is 555 g/mol. The van der Waals surface area contributed by atoms with Crippen molar-refractivity contribution in [2.45, 2.75) is 56.8 Å². The molecule has 2 aliphatic rings. The summed E-state index contributed by atoms with van der Waals surface area (Å²) in [6.45, 7) is 2.79. The molecule has 4 rings (SSSR count). The lowest BCUT2D eigenvalue weighted by atomic mass is 9.95. The number of amides is 1. The molecule has 2 aromatic rings. The van der Waals surface area contributed by atoms with Crippen molar-refractivity contribution in [1.82, 2.24) is 14.8 Å². The van der Waals surface area contributed by atoms with E-state index in [-0.39, 0.29) is 0 Å². The number of carboxylic acid groups (broad SMARTS) is 2. The van der Waals surface area contributed by atoms with Crippen LogP contribution in [0.15, 0.2) is 41.4 Å². The highest BCUT2D eigenvalue weighted by Crippen LogP contribution is 2.33. The molecule has 0 aromatic carbocycles. The zero-order chi connectivity index (χ0) is 27.8. The highest BCUT2D eigenvalue weighted by atomic mass is 32.1. The number of halogens is 6. The van der Waals surface area contributed by atoms with E-state index in [2.05, 4.69) is 37.7 Å². The smallest absolute Gasteiger partial charge is 0.475 e. The molecule has 37 heavy (non-hydrogen) atoms. The standard InChI is InChI=1S/C18H21N3OS.2C2HF3O2/c22-18-4-3-16-17(21(18)12-14-2-1-7-19-10-14)5-8-20(16)11-15-6-9-23-13-15;2*3-2(4,5)1(6)7/h1-2,6-7,9-10,13,16-17H,3-5,8,11-12H2;2*(H,6,7)/t16-,17-;;/m1../s1. The predicted octanol–water partition coefficient (Wildman–Crippen LogP) is 4.18. The van der Waals surface area contributed by atoms with Gasteiger partial charge >= 0.3 is 24.3 Å². The van der Waals surface area contributed by atoms with Gasteiger partial charge in [-0.2, -0.15) is 37.7 Å². The number of pyridine rings is 1. The molecule has 0 saturated carbocycles. The van der Waals surface area contributed by atoms with Gasteiger partial charge in [0.15, 0.2) is 0 Å². The van der Waals surface area contributed by atoms with Crippen LogP contribution in [0.3, 0.4) is 0 Å². The third kappa shape index (κ3) is 9.31. The third-order valence-corrected chi connectivity index (χ3v) is 6.26. The van der Waals surface area contributed by atoms with Gasteiger partial charge in [0.1, 0.15) is 0 Å². The molecule has 0 aliphatic carbocycles. The van der Waals surface area contributed by atoms with Gasteiger partial charge < -0.3 is 15.1 Å². The SMILES string of the molecule is O=C(O)C(F)(F)F.O=C(O)C(F)(F)F.O=C1CC[C@@H]2[C@@H](CCN2Cc2ccsc2)N1Cc1cccnc1. The van der Waals surface area contributed by atoms with Crippen molar-refractivity contribution in [1.29, 1.82) is 0 Å². The van der Waals surface area contributed by atoms with Crippen LogP contribution >= 0.6 is 11.3 Å². The number of nitrogens with zero attached hydrogens (tertiary/aromatic N) is 3. The Kier molecular flexibility index (Phi) is 10.4. The number of aromatic nitrogens is 1. The van der Waals surface area contributed by atoms with Gasteiger partial charge in [0.25, 0.3) is 0 Å². The maximum Gasteiger partial charge on any atom is 0.490 e. The van der Waals surface area contributed by atoms with Crippen molar-refractivity contribution in [3.8, 4) is 0 Å². The number of likely N-dealkylation sites (tertiary alicyclic amines) is 2. The van der Waals surface area contributed by atoms with Gasteiger partial charge in [-0.15, -0.1) is 0 Å². The molecular formula is C22H23F6N3O5S. The second kappa shape index (κ2) is 12.9. The van der Waals surface area contributed by atoms with Gasteiger partial charge in [-0.1, -0.05) is 6.07 Å². The van der Waals surface area contributed by atoms with E-state index in [9.17, 15) is 31.1 Å². The second-order valence-electron chi connectivity index (χ2n) is 8.05. The van der Waals surface area contributed by atoms with Gasteiger partial charge in [0, 0.05) is 50.5 Å². The molecule has 2 saturated heterocycles. The Bertz CT molecular complexity index is 1010. The summed E-state index contributed by atoms with van der Waals surface area (Å²) < 4.78 is 63.5. The predicted molar refractivity (Wildman–Crippen MR) is 118 cm³/mol. The molecule has 1 amide bonds. The van der Waals surface area contributed by atoms with E-state index in [1.807, 2.05) is 12.3 Å². The van der Waals surface area contributed by atoms with Crippen molar-refractivity contribution in [3.63, 3.8) is 0 Å². The van der Waals surface area contributed by atoms with Gasteiger partial charge in [-0.3, -0.25) is 14.7 Å². The summed E-state index contributed by atoms with van der Waals surface area (Å²) in [4.78, 5) is 39.1. The maximum atomic E-state index is 12.5. The molecule has 2 N–H and O–H groups in total. The molecule has 15 heteroatoms. The Balaban J connectivity index is 0.000000286. The molecule has 2 aliphatic heterocycles. The van der Waals surface area contributed by atoms with Crippen LogP contribution in [0.1, 0.15) is 30.4 Å². The average Bonchev–Trinajstić information content (AvgIpc) is 3.46. The number of hydrogen-bond donors (Lipinski definition) is 2. The molecule has 2 fully saturated rings. The van der Waals surface area contributed by atoms with Gasteiger partial charge in [0.05, 0.1) is 0 Å². The lowest BCUT2D eigenvalue weighted by Gasteiger charge is -2.40. The first-order chi connectivity index (χ1) is 17.2. The van der Waals surface area contributed by atoms with E-state index in [1.165, 1.54) is 5.56 Å². The van der Waals surface area contributed by atoms with E-state index in [1.54, 1.807) is 17.5 Å². The number of rotatable bonds is 4. The molecule has 2 atom stereocenters. The van der Waals surface area contributed by atoms with Crippen LogP contribution in [0, 0.1) is 0 Å². The van der Waals surface area contributed by atoms with Gasteiger partial charge in [0.2, 0.25) is 5.91 Å². The summed E-state index contributed by atoms with van der Waals surface area (Å²) >= 11 is 1.76. The van der Waals surface area contributed by atoms with Crippen LogP contribution in [0.4, 0.5) is 26.3 Å². The minimum atomic E-state index is -5.08. The summed E-state index contributed by atoms with van der Waals surface area (Å²) in [6.07, 6.45) is -3.77.